The zero-order chi connectivity index (χ0) is 13.8. The predicted octanol–water partition coefficient (Wildman–Crippen LogP) is 2.98. The van der Waals surface area contributed by atoms with E-state index in [1.54, 1.807) is 18.2 Å². The van der Waals surface area contributed by atoms with Gasteiger partial charge >= 0.3 is 5.97 Å². The predicted molar refractivity (Wildman–Crippen MR) is 74.0 cm³/mol. The molecule has 2 N–H and O–H groups in total. The first-order valence-corrected chi connectivity index (χ1v) is 6.09. The zero-order valence-corrected chi connectivity index (χ0v) is 11.1. The first kappa shape index (κ1) is 13.4. The largest absolute Gasteiger partial charge is 0.456 e. The lowest BCUT2D eigenvalue weighted by Gasteiger charge is -2.07. The number of rotatable bonds is 3. The van der Waals surface area contributed by atoms with E-state index in [-0.39, 0.29) is 6.61 Å². The number of anilines is 1. The molecule has 0 bridgehead atoms. The van der Waals surface area contributed by atoms with Gasteiger partial charge < -0.3 is 10.5 Å². The Morgan fingerprint density at radius 1 is 1.37 bits per heavy atom. The summed E-state index contributed by atoms with van der Waals surface area (Å²) in [7, 11) is 0. The van der Waals surface area contributed by atoms with Crippen molar-refractivity contribution in [1.29, 1.82) is 0 Å². The number of hydrogen-bond acceptors (Lipinski definition) is 4. The van der Waals surface area contributed by atoms with E-state index in [1.165, 1.54) is 6.07 Å². The second-order valence-electron chi connectivity index (χ2n) is 4.08. The number of halogens is 1. The molecule has 0 radical (unpaired) electrons. The van der Waals surface area contributed by atoms with Gasteiger partial charge in [0.05, 0.1) is 11.3 Å². The van der Waals surface area contributed by atoms with Gasteiger partial charge in [0.25, 0.3) is 0 Å². The summed E-state index contributed by atoms with van der Waals surface area (Å²) in [5, 5.41) is 0.481. The van der Waals surface area contributed by atoms with Crippen LogP contribution in [-0.4, -0.2) is 11.0 Å². The van der Waals surface area contributed by atoms with Crippen LogP contribution in [0.25, 0.3) is 0 Å². The Labute approximate surface area is 116 Å². The van der Waals surface area contributed by atoms with E-state index in [2.05, 4.69) is 4.98 Å². The molecule has 0 aliphatic carbocycles. The molecule has 2 aromatic rings. The Morgan fingerprint density at radius 3 is 2.84 bits per heavy atom. The van der Waals surface area contributed by atoms with Gasteiger partial charge in [0, 0.05) is 16.4 Å². The number of aryl methyl sites for hydroxylation is 1. The molecule has 4 nitrogen and oxygen atoms in total. The van der Waals surface area contributed by atoms with Gasteiger partial charge in [0.1, 0.15) is 6.61 Å². The molecule has 0 atom stereocenters. The van der Waals surface area contributed by atoms with Crippen LogP contribution < -0.4 is 5.73 Å². The minimum absolute atomic E-state index is 0.114. The minimum atomic E-state index is -0.488. The van der Waals surface area contributed by atoms with Crippen LogP contribution in [0.1, 0.15) is 21.7 Å². The van der Waals surface area contributed by atoms with Gasteiger partial charge in [-0.05, 0) is 37.3 Å². The second kappa shape index (κ2) is 5.71. The zero-order valence-electron chi connectivity index (χ0n) is 10.4. The van der Waals surface area contributed by atoms with Crippen molar-refractivity contribution >= 4 is 23.3 Å². The fraction of sp³-hybridized carbons (Fsp3) is 0.143. The summed E-state index contributed by atoms with van der Waals surface area (Å²) < 4.78 is 5.17. The number of pyridine rings is 1. The third-order valence-electron chi connectivity index (χ3n) is 2.53. The van der Waals surface area contributed by atoms with Crippen LogP contribution in [-0.2, 0) is 11.3 Å². The number of ether oxygens (including phenoxy) is 1. The number of nitrogens with zero attached hydrogens (tertiary/aromatic N) is 1. The van der Waals surface area contributed by atoms with Gasteiger partial charge in [0.15, 0.2) is 0 Å². The summed E-state index contributed by atoms with van der Waals surface area (Å²) in [6.07, 6.45) is 0. The quantitative estimate of drug-likeness (QED) is 0.691. The summed E-state index contributed by atoms with van der Waals surface area (Å²) in [5.74, 6) is -0.488. The monoisotopic (exact) mass is 276 g/mol. The Kier molecular flexibility index (Phi) is 4.02. The van der Waals surface area contributed by atoms with Crippen molar-refractivity contribution in [3.05, 3.63) is 58.4 Å². The van der Waals surface area contributed by atoms with Crippen LogP contribution in [0.4, 0.5) is 5.69 Å². The van der Waals surface area contributed by atoms with Crippen molar-refractivity contribution in [1.82, 2.24) is 4.98 Å². The molecule has 0 fully saturated rings. The van der Waals surface area contributed by atoms with Crippen molar-refractivity contribution in [2.24, 2.45) is 0 Å². The fourth-order valence-electron chi connectivity index (χ4n) is 1.62. The van der Waals surface area contributed by atoms with E-state index in [1.807, 2.05) is 19.1 Å². The molecule has 0 aliphatic rings. The molecule has 0 spiro atoms. The standard InChI is InChI=1S/C14H13ClN2O2/c1-9-3-2-4-11(17-9)8-19-14(18)12-6-5-10(15)7-13(12)16/h2-7H,8,16H2,1H3. The molecule has 0 saturated heterocycles. The van der Waals surface area contributed by atoms with Crippen molar-refractivity contribution in [3.8, 4) is 0 Å². The Balaban J connectivity index is 2.05. The molecule has 1 heterocycles. The Morgan fingerprint density at radius 2 is 2.16 bits per heavy atom. The molecule has 0 unspecified atom stereocenters. The highest BCUT2D eigenvalue weighted by molar-refractivity contribution is 6.31. The highest BCUT2D eigenvalue weighted by Crippen LogP contribution is 2.19. The van der Waals surface area contributed by atoms with Crippen LogP contribution in [0.15, 0.2) is 36.4 Å². The van der Waals surface area contributed by atoms with Gasteiger partial charge in [0.2, 0.25) is 0 Å². The Bertz CT molecular complexity index is 614. The average Bonchev–Trinajstić information content (AvgIpc) is 2.36. The first-order valence-electron chi connectivity index (χ1n) is 5.71. The van der Waals surface area contributed by atoms with E-state index < -0.39 is 5.97 Å². The van der Waals surface area contributed by atoms with Crippen molar-refractivity contribution in [2.45, 2.75) is 13.5 Å². The van der Waals surface area contributed by atoms with Gasteiger partial charge in [-0.3, -0.25) is 4.98 Å². The van der Waals surface area contributed by atoms with Gasteiger partial charge in [-0.1, -0.05) is 17.7 Å². The number of nitrogen functional groups attached to an aromatic ring is 1. The number of esters is 1. The molecule has 0 amide bonds. The number of carbonyl (C=O) groups excluding carboxylic acids is 1. The van der Waals surface area contributed by atoms with Crippen molar-refractivity contribution in [3.63, 3.8) is 0 Å². The van der Waals surface area contributed by atoms with E-state index in [9.17, 15) is 4.79 Å². The number of aromatic nitrogens is 1. The maximum absolute atomic E-state index is 11.9. The maximum atomic E-state index is 11.9. The second-order valence-corrected chi connectivity index (χ2v) is 4.51. The van der Waals surface area contributed by atoms with Gasteiger partial charge in [-0.2, -0.15) is 0 Å². The van der Waals surface area contributed by atoms with E-state index in [4.69, 9.17) is 22.1 Å². The lowest BCUT2D eigenvalue weighted by Crippen LogP contribution is -2.09. The van der Waals surface area contributed by atoms with Crippen LogP contribution in [0, 0.1) is 6.92 Å². The lowest BCUT2D eigenvalue weighted by atomic mass is 10.2. The van der Waals surface area contributed by atoms with Crippen LogP contribution in [0.2, 0.25) is 5.02 Å². The third-order valence-corrected chi connectivity index (χ3v) is 2.77. The van der Waals surface area contributed by atoms with E-state index in [0.717, 1.165) is 5.69 Å². The minimum Gasteiger partial charge on any atom is -0.456 e. The maximum Gasteiger partial charge on any atom is 0.340 e. The van der Waals surface area contributed by atoms with Gasteiger partial charge in [-0.25, -0.2) is 4.79 Å². The number of nitrogens with two attached hydrogens (primary N) is 1. The summed E-state index contributed by atoms with van der Waals surface area (Å²) >= 11 is 5.77. The topological polar surface area (TPSA) is 65.2 Å². The molecule has 0 aliphatic heterocycles. The van der Waals surface area contributed by atoms with Crippen molar-refractivity contribution in [2.75, 3.05) is 5.73 Å². The molecule has 1 aromatic heterocycles. The number of benzene rings is 1. The SMILES string of the molecule is Cc1cccc(COC(=O)c2ccc(Cl)cc2N)n1. The lowest BCUT2D eigenvalue weighted by molar-refractivity contribution is 0.0469. The van der Waals surface area contributed by atoms with Crippen molar-refractivity contribution < 1.29 is 9.53 Å². The summed E-state index contributed by atoms with van der Waals surface area (Å²) in [6, 6.07) is 10.2. The number of hydrogen-bond donors (Lipinski definition) is 1. The van der Waals surface area contributed by atoms with Crippen LogP contribution in [0.3, 0.4) is 0 Å². The molecular formula is C14H13ClN2O2. The van der Waals surface area contributed by atoms with Crippen LogP contribution in [0.5, 0.6) is 0 Å². The fourth-order valence-corrected chi connectivity index (χ4v) is 1.80. The summed E-state index contributed by atoms with van der Waals surface area (Å²) in [5.41, 5.74) is 7.89. The molecular weight excluding hydrogens is 264 g/mol. The smallest absolute Gasteiger partial charge is 0.340 e. The highest BCUT2D eigenvalue weighted by atomic mass is 35.5. The van der Waals surface area contributed by atoms with E-state index >= 15 is 0 Å². The number of carbonyl (C=O) groups is 1. The first-order chi connectivity index (χ1) is 9.06. The molecule has 2 rings (SSSR count). The van der Waals surface area contributed by atoms with Crippen LogP contribution >= 0.6 is 11.6 Å². The summed E-state index contributed by atoms with van der Waals surface area (Å²) in [6.45, 7) is 1.99. The normalized spacial score (nSPS) is 10.2. The average molecular weight is 277 g/mol. The molecule has 0 saturated carbocycles. The molecule has 1 aromatic carbocycles. The van der Waals surface area contributed by atoms with E-state index in [0.29, 0.717) is 22.0 Å². The Hall–Kier alpha value is -2.07. The highest BCUT2D eigenvalue weighted by Gasteiger charge is 2.11. The third kappa shape index (κ3) is 3.45. The van der Waals surface area contributed by atoms with Gasteiger partial charge in [-0.15, -0.1) is 0 Å². The summed E-state index contributed by atoms with van der Waals surface area (Å²) in [4.78, 5) is 16.1. The molecule has 19 heavy (non-hydrogen) atoms. The molecule has 98 valence electrons. The molecule has 5 heteroatoms.